The van der Waals surface area contributed by atoms with Crippen molar-refractivity contribution in [2.24, 2.45) is 0 Å². The predicted molar refractivity (Wildman–Crippen MR) is 39.7 cm³/mol. The maximum atomic E-state index is 7.62. The van der Waals surface area contributed by atoms with Gasteiger partial charge in [0, 0.05) is 5.88 Å². The molecular weight excluding hydrogens is 140 g/mol. The monoisotopic (exact) mass is 152 g/mol. The van der Waals surface area contributed by atoms with E-state index in [1.807, 2.05) is 6.92 Å². The second-order valence-electron chi connectivity index (χ2n) is 1.54. The summed E-state index contributed by atoms with van der Waals surface area (Å²) in [5, 5.41) is 15.2. The number of alkyl halides is 1. The lowest BCUT2D eigenvalue weighted by Gasteiger charge is -1.77. The number of hydrogen-bond donors (Lipinski definition) is 2. The lowest BCUT2D eigenvalue weighted by atomic mass is 10.4. The van der Waals surface area contributed by atoms with Gasteiger partial charge < -0.3 is 10.2 Å². The highest BCUT2D eigenvalue weighted by Gasteiger charge is 1.70. The molecule has 0 aromatic rings. The highest BCUT2D eigenvalue weighted by Crippen LogP contribution is 1.86. The van der Waals surface area contributed by atoms with E-state index in [1.165, 1.54) is 0 Å². The lowest BCUT2D eigenvalue weighted by molar-refractivity contribution is 0.186. The third-order valence-corrected chi connectivity index (χ3v) is 0.784. The summed E-state index contributed by atoms with van der Waals surface area (Å²) in [4.78, 5) is 0. The molecular formula is C6H13ClO2. The summed E-state index contributed by atoms with van der Waals surface area (Å²) in [7, 11) is 0. The Kier molecular flexibility index (Phi) is 14.1. The van der Waals surface area contributed by atoms with E-state index in [0.29, 0.717) is 5.88 Å². The molecule has 0 aliphatic heterocycles. The van der Waals surface area contributed by atoms with Crippen molar-refractivity contribution in [1.29, 1.82) is 0 Å². The topological polar surface area (TPSA) is 40.5 Å². The summed E-state index contributed by atoms with van der Waals surface area (Å²) in [5.74, 6) is 0.583. The van der Waals surface area contributed by atoms with Crippen molar-refractivity contribution in [3.8, 4) is 0 Å². The molecule has 3 heteroatoms. The second kappa shape index (κ2) is 10.8. The largest absolute Gasteiger partial charge is 0.394 e. The van der Waals surface area contributed by atoms with Crippen molar-refractivity contribution in [3.63, 3.8) is 0 Å². The van der Waals surface area contributed by atoms with Crippen molar-refractivity contribution in [3.05, 3.63) is 12.2 Å². The quantitative estimate of drug-likeness (QED) is 0.454. The van der Waals surface area contributed by atoms with Gasteiger partial charge >= 0.3 is 0 Å². The minimum absolute atomic E-state index is 0.125. The summed E-state index contributed by atoms with van der Waals surface area (Å²) in [5.41, 5.74) is 1.02. The molecule has 0 aromatic carbocycles. The summed E-state index contributed by atoms with van der Waals surface area (Å²) >= 11 is 5.24. The van der Waals surface area contributed by atoms with Gasteiger partial charge in [-0.1, -0.05) is 12.2 Å². The van der Waals surface area contributed by atoms with E-state index in [-0.39, 0.29) is 13.2 Å². The van der Waals surface area contributed by atoms with E-state index in [9.17, 15) is 0 Å². The molecule has 0 amide bonds. The standard InChI is InChI=1S/C4H7Cl.C2H6O2/c1-4(2)3-5;3-1-2-4/h1,3H2,2H3;3-4H,1-2H2. The van der Waals surface area contributed by atoms with Crippen LogP contribution in [0.3, 0.4) is 0 Å². The van der Waals surface area contributed by atoms with Gasteiger partial charge in [0.2, 0.25) is 0 Å². The Morgan fingerprint density at radius 2 is 1.67 bits per heavy atom. The first-order chi connectivity index (χ1) is 4.18. The van der Waals surface area contributed by atoms with Crippen molar-refractivity contribution in [1.82, 2.24) is 0 Å². The predicted octanol–water partition coefficient (Wildman–Crippen LogP) is 0.772. The summed E-state index contributed by atoms with van der Waals surface area (Å²) in [6.45, 7) is 5.19. The van der Waals surface area contributed by atoms with Gasteiger partial charge in [-0.05, 0) is 6.92 Å². The number of aliphatic hydroxyl groups is 2. The molecule has 0 bridgehead atoms. The van der Waals surface area contributed by atoms with E-state index in [1.54, 1.807) is 0 Å². The van der Waals surface area contributed by atoms with Gasteiger partial charge in [-0.15, -0.1) is 11.6 Å². The Hall–Kier alpha value is -0.0500. The molecule has 0 aliphatic rings. The molecule has 0 unspecified atom stereocenters. The van der Waals surface area contributed by atoms with E-state index < -0.39 is 0 Å². The average Bonchev–Trinajstić information content (AvgIpc) is 1.89. The molecule has 0 rings (SSSR count). The number of rotatable bonds is 2. The average molecular weight is 153 g/mol. The first kappa shape index (κ1) is 11.7. The van der Waals surface area contributed by atoms with Gasteiger partial charge in [0.25, 0.3) is 0 Å². The molecule has 0 aromatic heterocycles. The molecule has 2 nitrogen and oxygen atoms in total. The SMILES string of the molecule is C=C(C)CCl.OCCO. The van der Waals surface area contributed by atoms with Crippen LogP contribution in [0.15, 0.2) is 12.2 Å². The molecule has 0 spiro atoms. The van der Waals surface area contributed by atoms with Crippen LogP contribution in [0, 0.1) is 0 Å². The van der Waals surface area contributed by atoms with Crippen LogP contribution in [-0.4, -0.2) is 29.3 Å². The second-order valence-corrected chi connectivity index (χ2v) is 1.81. The Labute approximate surface area is 60.8 Å². The van der Waals surface area contributed by atoms with E-state index in [2.05, 4.69) is 6.58 Å². The molecule has 9 heavy (non-hydrogen) atoms. The molecule has 0 aliphatic carbocycles. The number of aliphatic hydroxyl groups excluding tert-OH is 2. The Balaban J connectivity index is 0. The van der Waals surface area contributed by atoms with Gasteiger partial charge in [-0.3, -0.25) is 0 Å². The van der Waals surface area contributed by atoms with Gasteiger partial charge in [-0.25, -0.2) is 0 Å². The van der Waals surface area contributed by atoms with Gasteiger partial charge in [-0.2, -0.15) is 0 Å². The fourth-order valence-corrected chi connectivity index (χ4v) is 0. The normalized spacial score (nSPS) is 7.56. The number of halogens is 1. The first-order valence-corrected chi connectivity index (χ1v) is 3.14. The zero-order valence-corrected chi connectivity index (χ0v) is 6.36. The summed E-state index contributed by atoms with van der Waals surface area (Å²) in [6, 6.07) is 0. The van der Waals surface area contributed by atoms with Crippen LogP contribution in [0.5, 0.6) is 0 Å². The zero-order valence-electron chi connectivity index (χ0n) is 5.60. The molecule has 56 valence electrons. The summed E-state index contributed by atoms with van der Waals surface area (Å²) < 4.78 is 0. The van der Waals surface area contributed by atoms with Gasteiger partial charge in [0.1, 0.15) is 0 Å². The lowest BCUT2D eigenvalue weighted by Crippen LogP contribution is -1.85. The smallest absolute Gasteiger partial charge is 0.0662 e. The van der Waals surface area contributed by atoms with E-state index in [0.717, 1.165) is 5.57 Å². The Morgan fingerprint density at radius 3 is 1.67 bits per heavy atom. The summed E-state index contributed by atoms with van der Waals surface area (Å²) in [6.07, 6.45) is 0. The van der Waals surface area contributed by atoms with Crippen LogP contribution < -0.4 is 0 Å². The highest BCUT2D eigenvalue weighted by molar-refractivity contribution is 6.19. The highest BCUT2D eigenvalue weighted by atomic mass is 35.5. The third-order valence-electron chi connectivity index (χ3n) is 0.328. The van der Waals surface area contributed by atoms with Gasteiger partial charge in [0.05, 0.1) is 13.2 Å². The third kappa shape index (κ3) is 32.3. The fourth-order valence-electron chi connectivity index (χ4n) is 0. The molecule has 2 N–H and O–H groups in total. The van der Waals surface area contributed by atoms with E-state index >= 15 is 0 Å². The molecule has 0 fully saturated rings. The molecule has 0 heterocycles. The minimum Gasteiger partial charge on any atom is -0.394 e. The first-order valence-electron chi connectivity index (χ1n) is 2.61. The molecule has 0 atom stereocenters. The fraction of sp³-hybridized carbons (Fsp3) is 0.667. The van der Waals surface area contributed by atoms with Crippen LogP contribution in [0.4, 0.5) is 0 Å². The molecule has 0 saturated carbocycles. The minimum atomic E-state index is -0.125. The molecule has 0 saturated heterocycles. The van der Waals surface area contributed by atoms with Crippen molar-refractivity contribution >= 4 is 11.6 Å². The van der Waals surface area contributed by atoms with Crippen molar-refractivity contribution < 1.29 is 10.2 Å². The molecule has 0 radical (unpaired) electrons. The zero-order chi connectivity index (χ0) is 7.70. The van der Waals surface area contributed by atoms with Crippen LogP contribution >= 0.6 is 11.6 Å². The van der Waals surface area contributed by atoms with E-state index in [4.69, 9.17) is 21.8 Å². The van der Waals surface area contributed by atoms with Crippen LogP contribution in [-0.2, 0) is 0 Å². The Bertz CT molecular complexity index is 62.1. The Morgan fingerprint density at radius 1 is 1.44 bits per heavy atom. The maximum Gasteiger partial charge on any atom is 0.0662 e. The van der Waals surface area contributed by atoms with Crippen LogP contribution in [0.1, 0.15) is 6.92 Å². The maximum absolute atomic E-state index is 7.62. The van der Waals surface area contributed by atoms with Crippen molar-refractivity contribution in [2.75, 3.05) is 19.1 Å². The van der Waals surface area contributed by atoms with Crippen LogP contribution in [0.2, 0.25) is 0 Å². The van der Waals surface area contributed by atoms with Gasteiger partial charge in [0.15, 0.2) is 0 Å². The van der Waals surface area contributed by atoms with Crippen molar-refractivity contribution in [2.45, 2.75) is 6.92 Å². The number of hydrogen-bond acceptors (Lipinski definition) is 2. The van der Waals surface area contributed by atoms with Crippen LogP contribution in [0.25, 0.3) is 0 Å². The number of allylic oxidation sites excluding steroid dienone is 1.